The molecule has 0 bridgehead atoms. The monoisotopic (exact) mass is 707 g/mol. The lowest BCUT2D eigenvalue weighted by Gasteiger charge is -2.25. The van der Waals surface area contributed by atoms with Gasteiger partial charge < -0.3 is 14.4 Å². The summed E-state index contributed by atoms with van der Waals surface area (Å²) < 4.78 is 53.2. The Bertz CT molecular complexity index is 2180. The number of halogens is 3. The van der Waals surface area contributed by atoms with E-state index in [-0.39, 0.29) is 39.6 Å². The Morgan fingerprint density at radius 3 is 2.49 bits per heavy atom. The number of allylic oxidation sites excluding steroid dienone is 1. The Labute approximate surface area is 288 Å². The van der Waals surface area contributed by atoms with Crippen LogP contribution in [0.4, 0.5) is 18.9 Å². The molecule has 9 nitrogen and oxygen atoms in total. The van der Waals surface area contributed by atoms with Crippen molar-refractivity contribution in [3.63, 3.8) is 0 Å². The van der Waals surface area contributed by atoms with Crippen LogP contribution in [0.1, 0.15) is 53.4 Å². The Morgan fingerprint density at radius 2 is 1.88 bits per heavy atom. The van der Waals surface area contributed by atoms with Crippen molar-refractivity contribution in [3.8, 4) is 11.8 Å². The molecule has 254 valence electrons. The Morgan fingerprint density at radius 1 is 1.16 bits per heavy atom. The van der Waals surface area contributed by atoms with Crippen molar-refractivity contribution in [2.75, 3.05) is 32.7 Å². The van der Waals surface area contributed by atoms with E-state index in [4.69, 9.17) is 9.47 Å². The number of carbonyl (C=O) groups excluding carboxylic acids is 1. The van der Waals surface area contributed by atoms with Gasteiger partial charge in [-0.15, -0.1) is 11.8 Å². The normalized spacial score (nSPS) is 14.6. The first-order chi connectivity index (χ1) is 23.3. The van der Waals surface area contributed by atoms with E-state index in [9.17, 15) is 28.0 Å². The second kappa shape index (κ2) is 14.3. The summed E-state index contributed by atoms with van der Waals surface area (Å²) in [7, 11) is 5.31. The quantitative estimate of drug-likeness (QED) is 0.160. The van der Waals surface area contributed by atoms with Crippen LogP contribution >= 0.6 is 23.1 Å². The summed E-state index contributed by atoms with van der Waals surface area (Å²) in [4.78, 5) is 38.0. The number of aromatic nitrogens is 2. The number of anilines is 1. The number of pyridine rings is 1. The van der Waals surface area contributed by atoms with Crippen LogP contribution in [0.5, 0.6) is 5.75 Å². The van der Waals surface area contributed by atoms with Gasteiger partial charge in [0.25, 0.3) is 5.56 Å². The molecular weight excluding hydrogens is 676 g/mol. The number of aryl methyl sites for hydroxylation is 1. The van der Waals surface area contributed by atoms with Crippen LogP contribution in [-0.4, -0.2) is 43.3 Å². The van der Waals surface area contributed by atoms with Gasteiger partial charge in [-0.2, -0.15) is 18.4 Å². The van der Waals surface area contributed by atoms with Crippen molar-refractivity contribution < 1.29 is 27.4 Å². The SMILES string of the molecule is CCOC(=O)C1=C(C)N=c2sc(=Cc3ccc(OC)c(CSc4nc(C(F)(F)F)cc(C)c4C#N)c3)c(=O)n2C1c1ccc(N(C)C)cc1. The third kappa shape index (κ3) is 7.28. The third-order valence-electron chi connectivity index (χ3n) is 7.79. The summed E-state index contributed by atoms with van der Waals surface area (Å²) in [5.74, 6) is 0.0609. The van der Waals surface area contributed by atoms with Gasteiger partial charge in [0.1, 0.15) is 22.5 Å². The predicted octanol–water partition coefficient (Wildman–Crippen LogP) is 5.76. The molecule has 4 aromatic rings. The molecule has 5 rings (SSSR count). The molecule has 0 radical (unpaired) electrons. The number of benzene rings is 2. The second-order valence-corrected chi connectivity index (χ2v) is 13.2. The summed E-state index contributed by atoms with van der Waals surface area (Å²) in [6.07, 6.45) is -2.97. The molecule has 0 saturated carbocycles. The number of alkyl halides is 3. The number of carbonyl (C=O) groups is 1. The molecule has 3 heterocycles. The molecule has 2 aromatic heterocycles. The first-order valence-electron chi connectivity index (χ1n) is 15.0. The predicted molar refractivity (Wildman–Crippen MR) is 182 cm³/mol. The van der Waals surface area contributed by atoms with E-state index in [1.807, 2.05) is 49.3 Å². The summed E-state index contributed by atoms with van der Waals surface area (Å²) in [5.41, 5.74) is 2.46. The van der Waals surface area contributed by atoms with Crippen LogP contribution in [0.25, 0.3) is 6.08 Å². The largest absolute Gasteiger partial charge is 0.496 e. The first-order valence-corrected chi connectivity index (χ1v) is 16.8. The summed E-state index contributed by atoms with van der Waals surface area (Å²) in [6.45, 7) is 5.03. The number of thioether (sulfide) groups is 1. The van der Waals surface area contributed by atoms with E-state index < -0.39 is 23.9 Å². The highest BCUT2D eigenvalue weighted by atomic mass is 32.2. The maximum absolute atomic E-state index is 14.1. The Balaban J connectivity index is 1.57. The first kappa shape index (κ1) is 35.4. The molecule has 0 aliphatic carbocycles. The molecule has 1 unspecified atom stereocenters. The number of fused-ring (bicyclic) bond motifs is 1. The lowest BCUT2D eigenvalue weighted by atomic mass is 9.95. The smallest absolute Gasteiger partial charge is 0.433 e. The van der Waals surface area contributed by atoms with Crippen LogP contribution in [0.2, 0.25) is 0 Å². The molecule has 0 fully saturated rings. The van der Waals surface area contributed by atoms with Gasteiger partial charge in [0, 0.05) is 31.1 Å². The molecule has 14 heteroatoms. The van der Waals surface area contributed by atoms with E-state index in [2.05, 4.69) is 9.98 Å². The number of nitrogens with zero attached hydrogens (tertiary/aromatic N) is 5. The zero-order chi connectivity index (χ0) is 35.6. The molecule has 1 aliphatic rings. The van der Waals surface area contributed by atoms with Gasteiger partial charge in [-0.05, 0) is 73.9 Å². The van der Waals surface area contributed by atoms with Crippen molar-refractivity contribution in [2.24, 2.45) is 4.99 Å². The molecule has 0 amide bonds. The zero-order valence-corrected chi connectivity index (χ0v) is 29.1. The van der Waals surface area contributed by atoms with Crippen molar-refractivity contribution in [2.45, 2.75) is 43.8 Å². The van der Waals surface area contributed by atoms with Gasteiger partial charge in [-0.25, -0.2) is 14.8 Å². The lowest BCUT2D eigenvalue weighted by molar-refractivity contribution is -0.141. The topological polar surface area (TPSA) is 110 Å². The van der Waals surface area contributed by atoms with Gasteiger partial charge in [-0.1, -0.05) is 29.5 Å². The molecule has 2 aromatic carbocycles. The van der Waals surface area contributed by atoms with Crippen LogP contribution in [-0.2, 0) is 21.5 Å². The minimum Gasteiger partial charge on any atom is -0.496 e. The fourth-order valence-electron chi connectivity index (χ4n) is 5.39. The molecule has 1 atom stereocenters. The maximum Gasteiger partial charge on any atom is 0.433 e. The van der Waals surface area contributed by atoms with Crippen LogP contribution < -0.4 is 24.5 Å². The second-order valence-electron chi connectivity index (χ2n) is 11.3. The molecule has 49 heavy (non-hydrogen) atoms. The molecule has 0 N–H and O–H groups in total. The number of methoxy groups -OCH3 is 1. The number of thiazole rings is 1. The van der Waals surface area contributed by atoms with Crippen LogP contribution in [0.15, 0.2) is 74.6 Å². The van der Waals surface area contributed by atoms with Gasteiger partial charge in [0.15, 0.2) is 4.80 Å². The van der Waals surface area contributed by atoms with Gasteiger partial charge in [-0.3, -0.25) is 9.36 Å². The minimum absolute atomic E-state index is 0.0398. The van der Waals surface area contributed by atoms with Gasteiger partial charge in [0.2, 0.25) is 0 Å². The van der Waals surface area contributed by atoms with Crippen LogP contribution in [0, 0.1) is 18.3 Å². The number of hydrogen-bond acceptors (Lipinski definition) is 10. The molecule has 1 aliphatic heterocycles. The molecular formula is C35H32F3N5O4S2. The average Bonchev–Trinajstić information content (AvgIpc) is 3.36. The Kier molecular flexibility index (Phi) is 10.4. The van der Waals surface area contributed by atoms with Crippen molar-refractivity contribution >= 4 is 40.8 Å². The average molecular weight is 708 g/mol. The number of rotatable bonds is 9. The fraction of sp³-hybridized carbons (Fsp3) is 0.286. The number of hydrogen-bond donors (Lipinski definition) is 0. The van der Waals surface area contributed by atoms with Crippen molar-refractivity contribution in [1.29, 1.82) is 5.26 Å². The minimum atomic E-state index is -4.67. The zero-order valence-electron chi connectivity index (χ0n) is 27.5. The summed E-state index contributed by atoms with van der Waals surface area (Å²) in [6, 6.07) is 14.9. The number of ether oxygens (including phenoxy) is 2. The number of nitriles is 1. The lowest BCUT2D eigenvalue weighted by Crippen LogP contribution is -2.39. The van der Waals surface area contributed by atoms with Crippen molar-refractivity contribution in [1.82, 2.24) is 9.55 Å². The summed E-state index contributed by atoms with van der Waals surface area (Å²) >= 11 is 2.16. The number of esters is 1. The highest BCUT2D eigenvalue weighted by Gasteiger charge is 2.35. The van der Waals surface area contributed by atoms with E-state index in [0.717, 1.165) is 29.1 Å². The summed E-state index contributed by atoms with van der Waals surface area (Å²) in [5, 5.41) is 9.59. The third-order valence-corrected chi connectivity index (χ3v) is 9.80. The highest BCUT2D eigenvalue weighted by Crippen LogP contribution is 2.35. The van der Waals surface area contributed by atoms with Gasteiger partial charge in [0.05, 0.1) is 41.1 Å². The van der Waals surface area contributed by atoms with Gasteiger partial charge >= 0.3 is 12.1 Å². The highest BCUT2D eigenvalue weighted by molar-refractivity contribution is 7.98. The molecule has 0 saturated heterocycles. The van der Waals surface area contributed by atoms with E-state index in [1.54, 1.807) is 38.1 Å². The van der Waals surface area contributed by atoms with Crippen molar-refractivity contribution in [3.05, 3.63) is 113 Å². The maximum atomic E-state index is 14.1. The standard InChI is InChI=1S/C35H32F3N5O4S2/c1-7-47-33(45)29-20(3)40-34-43(30(29)22-9-11-24(12-10-22)42(4)5)32(44)27(49-34)16-21-8-13-26(46-6)23(15-21)18-48-31-25(17-39)19(2)14-28(41-31)35(36,37)38/h8-16,30H,7,18H2,1-6H3. The molecule has 0 spiro atoms. The van der Waals surface area contributed by atoms with E-state index in [0.29, 0.717) is 31.9 Å². The Hall–Kier alpha value is -4.87. The van der Waals surface area contributed by atoms with Crippen LogP contribution in [0.3, 0.4) is 0 Å². The fourth-order valence-corrected chi connectivity index (χ4v) is 7.47. The van der Waals surface area contributed by atoms with E-state index in [1.165, 1.54) is 29.9 Å². The van der Waals surface area contributed by atoms with E-state index >= 15 is 0 Å².